The highest BCUT2D eigenvalue weighted by Crippen LogP contribution is 2.42. The first kappa shape index (κ1) is 11.4. The lowest BCUT2D eigenvalue weighted by atomic mass is 9.64. The van der Waals surface area contributed by atoms with Crippen LogP contribution in [0.25, 0.3) is 0 Å². The van der Waals surface area contributed by atoms with Gasteiger partial charge in [-0.15, -0.1) is 0 Å². The lowest BCUT2D eigenvalue weighted by Crippen LogP contribution is -2.61. The molecule has 0 aromatic rings. The van der Waals surface area contributed by atoms with Crippen molar-refractivity contribution in [1.82, 2.24) is 5.32 Å². The van der Waals surface area contributed by atoms with E-state index in [1.807, 2.05) is 0 Å². The van der Waals surface area contributed by atoms with Gasteiger partial charge in [0.25, 0.3) is 0 Å². The van der Waals surface area contributed by atoms with Gasteiger partial charge in [0.1, 0.15) is 0 Å². The number of aliphatic hydroxyl groups is 1. The highest BCUT2D eigenvalue weighted by molar-refractivity contribution is 5.03. The summed E-state index contributed by atoms with van der Waals surface area (Å²) in [6.07, 6.45) is 7.72. The lowest BCUT2D eigenvalue weighted by Gasteiger charge is -2.50. The highest BCUT2D eigenvalue weighted by Gasteiger charge is 2.45. The van der Waals surface area contributed by atoms with Crippen molar-refractivity contribution < 1.29 is 5.11 Å². The Hall–Kier alpha value is -0.0800. The molecule has 0 amide bonds. The van der Waals surface area contributed by atoms with Crippen molar-refractivity contribution in [2.45, 2.75) is 64.0 Å². The Bertz CT molecular complexity index is 203. The molecule has 88 valence electrons. The van der Waals surface area contributed by atoms with Gasteiger partial charge in [0.05, 0.1) is 6.61 Å². The van der Waals surface area contributed by atoms with E-state index in [2.05, 4.69) is 19.2 Å². The molecule has 2 saturated carbocycles. The van der Waals surface area contributed by atoms with E-state index in [1.165, 1.54) is 38.5 Å². The molecular formula is C13H25NO. The Labute approximate surface area is 93.5 Å². The van der Waals surface area contributed by atoms with Crippen molar-refractivity contribution in [3.8, 4) is 0 Å². The molecule has 0 aromatic heterocycles. The zero-order valence-electron chi connectivity index (χ0n) is 10.1. The minimum atomic E-state index is 0.0872. The molecule has 0 atom stereocenters. The summed E-state index contributed by atoms with van der Waals surface area (Å²) in [6, 6.07) is 0.685. The van der Waals surface area contributed by atoms with Gasteiger partial charge in [-0.3, -0.25) is 0 Å². The standard InChI is InChI=1S/C13H25NO/c1-10(2)11-7-13(8-11,9-15)14-12-5-3-4-6-12/h10-12,14-15H,3-9H2,1-2H3. The maximum absolute atomic E-state index is 9.53. The van der Waals surface area contributed by atoms with Crippen LogP contribution in [0.1, 0.15) is 52.4 Å². The topological polar surface area (TPSA) is 32.3 Å². The van der Waals surface area contributed by atoms with Crippen LogP contribution in [-0.4, -0.2) is 23.3 Å². The van der Waals surface area contributed by atoms with Gasteiger partial charge in [-0.05, 0) is 37.5 Å². The average molecular weight is 211 g/mol. The van der Waals surface area contributed by atoms with Crippen molar-refractivity contribution >= 4 is 0 Å². The maximum atomic E-state index is 9.53. The second-order valence-electron chi connectivity index (χ2n) is 5.98. The van der Waals surface area contributed by atoms with Gasteiger partial charge in [-0.2, -0.15) is 0 Å². The molecule has 0 aromatic carbocycles. The summed E-state index contributed by atoms with van der Waals surface area (Å²) in [5, 5.41) is 13.2. The Morgan fingerprint density at radius 1 is 1.27 bits per heavy atom. The second kappa shape index (κ2) is 4.42. The predicted octanol–water partition coefficient (Wildman–Crippen LogP) is 2.32. The molecule has 2 heteroatoms. The first-order valence-electron chi connectivity index (χ1n) is 6.54. The van der Waals surface area contributed by atoms with Gasteiger partial charge in [-0.1, -0.05) is 26.7 Å². The monoisotopic (exact) mass is 211 g/mol. The summed E-state index contributed by atoms with van der Waals surface area (Å²) in [6.45, 7) is 4.91. The van der Waals surface area contributed by atoms with Crippen LogP contribution in [0.2, 0.25) is 0 Å². The summed E-state index contributed by atoms with van der Waals surface area (Å²) in [5.41, 5.74) is 0.0872. The van der Waals surface area contributed by atoms with Crippen molar-refractivity contribution in [1.29, 1.82) is 0 Å². The molecule has 2 fully saturated rings. The Morgan fingerprint density at radius 3 is 2.33 bits per heavy atom. The van der Waals surface area contributed by atoms with Gasteiger partial charge < -0.3 is 10.4 Å². The van der Waals surface area contributed by atoms with E-state index in [0.717, 1.165) is 11.8 Å². The van der Waals surface area contributed by atoms with E-state index < -0.39 is 0 Å². The van der Waals surface area contributed by atoms with Crippen LogP contribution in [0.5, 0.6) is 0 Å². The molecule has 0 unspecified atom stereocenters. The number of nitrogens with one attached hydrogen (secondary N) is 1. The second-order valence-corrected chi connectivity index (χ2v) is 5.98. The summed E-state index contributed by atoms with van der Waals surface area (Å²) >= 11 is 0. The van der Waals surface area contributed by atoms with Crippen LogP contribution >= 0.6 is 0 Å². The van der Waals surface area contributed by atoms with Crippen molar-refractivity contribution in [2.75, 3.05) is 6.61 Å². The largest absolute Gasteiger partial charge is 0.394 e. The van der Waals surface area contributed by atoms with Crippen LogP contribution in [0, 0.1) is 11.8 Å². The highest BCUT2D eigenvalue weighted by atomic mass is 16.3. The van der Waals surface area contributed by atoms with Gasteiger partial charge in [0.15, 0.2) is 0 Å². The lowest BCUT2D eigenvalue weighted by molar-refractivity contribution is 0.0106. The van der Waals surface area contributed by atoms with E-state index in [0.29, 0.717) is 12.6 Å². The fraction of sp³-hybridized carbons (Fsp3) is 1.00. The third-order valence-electron chi connectivity index (χ3n) is 4.42. The zero-order valence-corrected chi connectivity index (χ0v) is 10.1. The SMILES string of the molecule is CC(C)C1CC(CO)(NC2CCCC2)C1. The third-order valence-corrected chi connectivity index (χ3v) is 4.42. The number of aliphatic hydroxyl groups excluding tert-OH is 1. The quantitative estimate of drug-likeness (QED) is 0.748. The fourth-order valence-corrected chi connectivity index (χ4v) is 3.21. The number of hydrogen-bond acceptors (Lipinski definition) is 2. The summed E-state index contributed by atoms with van der Waals surface area (Å²) in [4.78, 5) is 0. The van der Waals surface area contributed by atoms with Gasteiger partial charge >= 0.3 is 0 Å². The van der Waals surface area contributed by atoms with Crippen molar-refractivity contribution in [3.63, 3.8) is 0 Å². The molecule has 0 bridgehead atoms. The molecule has 0 heterocycles. The molecule has 2 nitrogen and oxygen atoms in total. The van der Waals surface area contributed by atoms with E-state index in [9.17, 15) is 5.11 Å². The fourth-order valence-electron chi connectivity index (χ4n) is 3.21. The average Bonchev–Trinajstić information content (AvgIpc) is 2.62. The minimum Gasteiger partial charge on any atom is -0.394 e. The zero-order chi connectivity index (χ0) is 10.9. The molecule has 15 heavy (non-hydrogen) atoms. The molecule has 0 aliphatic heterocycles. The van der Waals surface area contributed by atoms with Gasteiger partial charge in [0.2, 0.25) is 0 Å². The van der Waals surface area contributed by atoms with Gasteiger partial charge in [-0.25, -0.2) is 0 Å². The molecular weight excluding hydrogens is 186 g/mol. The summed E-state index contributed by atoms with van der Waals surface area (Å²) in [7, 11) is 0. The van der Waals surface area contributed by atoms with Crippen LogP contribution < -0.4 is 5.32 Å². The van der Waals surface area contributed by atoms with Crippen LogP contribution in [-0.2, 0) is 0 Å². The summed E-state index contributed by atoms with van der Waals surface area (Å²) in [5.74, 6) is 1.60. The normalized spacial score (nSPS) is 37.2. The predicted molar refractivity (Wildman–Crippen MR) is 62.8 cm³/mol. The van der Waals surface area contributed by atoms with Gasteiger partial charge in [0, 0.05) is 11.6 Å². The summed E-state index contributed by atoms with van der Waals surface area (Å²) < 4.78 is 0. The number of rotatable bonds is 4. The van der Waals surface area contributed by atoms with E-state index in [-0.39, 0.29) is 5.54 Å². The molecule has 2 aliphatic carbocycles. The van der Waals surface area contributed by atoms with Crippen LogP contribution in [0.3, 0.4) is 0 Å². The van der Waals surface area contributed by atoms with Crippen LogP contribution in [0.15, 0.2) is 0 Å². The first-order chi connectivity index (χ1) is 7.15. The Balaban J connectivity index is 1.83. The molecule has 2 N–H and O–H groups in total. The molecule has 2 aliphatic rings. The van der Waals surface area contributed by atoms with E-state index in [1.54, 1.807) is 0 Å². The number of hydrogen-bond donors (Lipinski definition) is 2. The molecule has 0 radical (unpaired) electrons. The molecule has 0 spiro atoms. The van der Waals surface area contributed by atoms with Crippen molar-refractivity contribution in [2.24, 2.45) is 11.8 Å². The van der Waals surface area contributed by atoms with E-state index >= 15 is 0 Å². The maximum Gasteiger partial charge on any atom is 0.0613 e. The first-order valence-corrected chi connectivity index (χ1v) is 6.54. The smallest absolute Gasteiger partial charge is 0.0613 e. The Morgan fingerprint density at radius 2 is 1.87 bits per heavy atom. The molecule has 2 rings (SSSR count). The molecule has 0 saturated heterocycles. The minimum absolute atomic E-state index is 0.0872. The van der Waals surface area contributed by atoms with Crippen molar-refractivity contribution in [3.05, 3.63) is 0 Å². The Kier molecular flexibility index (Phi) is 3.36. The van der Waals surface area contributed by atoms with E-state index in [4.69, 9.17) is 0 Å². The third kappa shape index (κ3) is 2.36. The van der Waals surface area contributed by atoms with Crippen LogP contribution in [0.4, 0.5) is 0 Å².